The lowest BCUT2D eigenvalue weighted by Gasteiger charge is -2.23. The lowest BCUT2D eigenvalue weighted by atomic mass is 10.1. The monoisotopic (exact) mass is 274 g/mol. The van der Waals surface area contributed by atoms with Crippen molar-refractivity contribution in [3.63, 3.8) is 0 Å². The maximum absolute atomic E-state index is 11.4. The van der Waals surface area contributed by atoms with Crippen LogP contribution in [0.25, 0.3) is 10.9 Å². The third kappa shape index (κ3) is 2.85. The summed E-state index contributed by atoms with van der Waals surface area (Å²) in [4.78, 5) is 15.3. The predicted molar refractivity (Wildman–Crippen MR) is 78.3 cm³/mol. The Morgan fingerprint density at radius 1 is 1.15 bits per heavy atom. The molecule has 0 atom stereocenters. The number of aromatic carboxylic acids is 1. The Kier molecular flexibility index (Phi) is 4.14. The quantitative estimate of drug-likeness (QED) is 0.887. The van der Waals surface area contributed by atoms with Crippen LogP contribution < -0.4 is 4.90 Å². The van der Waals surface area contributed by atoms with Crippen molar-refractivity contribution in [1.29, 1.82) is 0 Å². The summed E-state index contributed by atoms with van der Waals surface area (Å²) in [6, 6.07) is 7.44. The van der Waals surface area contributed by atoms with Crippen molar-refractivity contribution >= 4 is 22.6 Å². The van der Waals surface area contributed by atoms with Crippen LogP contribution in [0.1, 0.15) is 10.5 Å². The Morgan fingerprint density at radius 2 is 1.85 bits per heavy atom. The SMILES string of the molecule is CN(C)CCN(C)c1c(C(=O)O)nnc2ccccc12. The molecule has 0 aliphatic heterocycles. The fourth-order valence-electron chi connectivity index (χ4n) is 2.03. The molecule has 0 amide bonds. The molecule has 2 rings (SSSR count). The van der Waals surface area contributed by atoms with E-state index in [9.17, 15) is 9.90 Å². The van der Waals surface area contributed by atoms with Crippen LogP contribution in [0.3, 0.4) is 0 Å². The van der Waals surface area contributed by atoms with E-state index in [-0.39, 0.29) is 5.69 Å². The van der Waals surface area contributed by atoms with Gasteiger partial charge >= 0.3 is 5.97 Å². The first-order valence-electron chi connectivity index (χ1n) is 6.35. The number of hydrogen-bond acceptors (Lipinski definition) is 5. The van der Waals surface area contributed by atoms with Gasteiger partial charge in [-0.2, -0.15) is 0 Å². The van der Waals surface area contributed by atoms with Gasteiger partial charge in [0.1, 0.15) is 0 Å². The standard InChI is InChI=1S/C14H18N4O2/c1-17(2)8-9-18(3)13-10-6-4-5-7-11(10)15-16-12(13)14(19)20/h4-7H,8-9H2,1-3H3,(H,19,20). The Labute approximate surface area is 117 Å². The summed E-state index contributed by atoms with van der Waals surface area (Å²) in [5.74, 6) is -1.06. The zero-order valence-corrected chi connectivity index (χ0v) is 11.9. The van der Waals surface area contributed by atoms with Gasteiger partial charge in [-0.3, -0.25) is 0 Å². The van der Waals surface area contributed by atoms with Crippen molar-refractivity contribution in [3.8, 4) is 0 Å². The van der Waals surface area contributed by atoms with Crippen LogP contribution in [0.5, 0.6) is 0 Å². The van der Waals surface area contributed by atoms with Crippen molar-refractivity contribution in [2.45, 2.75) is 0 Å². The average Bonchev–Trinajstić information content (AvgIpc) is 2.43. The van der Waals surface area contributed by atoms with E-state index in [1.807, 2.05) is 55.2 Å². The fourth-order valence-corrected chi connectivity index (χ4v) is 2.03. The molecule has 0 aliphatic rings. The van der Waals surface area contributed by atoms with E-state index in [0.717, 1.165) is 11.9 Å². The second-order valence-electron chi connectivity index (χ2n) is 4.94. The lowest BCUT2D eigenvalue weighted by Crippen LogP contribution is -2.30. The summed E-state index contributed by atoms with van der Waals surface area (Å²) in [5.41, 5.74) is 1.30. The highest BCUT2D eigenvalue weighted by Crippen LogP contribution is 2.27. The van der Waals surface area contributed by atoms with Crippen molar-refractivity contribution in [3.05, 3.63) is 30.0 Å². The molecule has 1 N–H and O–H groups in total. The van der Waals surface area contributed by atoms with E-state index in [1.165, 1.54) is 0 Å². The lowest BCUT2D eigenvalue weighted by molar-refractivity contribution is 0.0690. The molecular formula is C14H18N4O2. The van der Waals surface area contributed by atoms with E-state index in [2.05, 4.69) is 10.2 Å². The van der Waals surface area contributed by atoms with E-state index in [0.29, 0.717) is 17.7 Å². The van der Waals surface area contributed by atoms with E-state index in [1.54, 1.807) is 0 Å². The minimum Gasteiger partial charge on any atom is -0.476 e. The van der Waals surface area contributed by atoms with Gasteiger partial charge in [0.25, 0.3) is 0 Å². The first-order valence-corrected chi connectivity index (χ1v) is 6.35. The summed E-state index contributed by atoms with van der Waals surface area (Å²) in [5, 5.41) is 17.9. The Bertz CT molecular complexity index is 628. The molecule has 1 heterocycles. The van der Waals surface area contributed by atoms with Gasteiger partial charge in [-0.05, 0) is 20.2 Å². The molecule has 0 saturated carbocycles. The van der Waals surface area contributed by atoms with Crippen LogP contribution in [0.2, 0.25) is 0 Å². The maximum Gasteiger partial charge on any atom is 0.358 e. The molecule has 20 heavy (non-hydrogen) atoms. The molecule has 106 valence electrons. The van der Waals surface area contributed by atoms with Crippen molar-refractivity contribution < 1.29 is 9.90 Å². The number of hydrogen-bond donors (Lipinski definition) is 1. The van der Waals surface area contributed by atoms with Crippen LogP contribution >= 0.6 is 0 Å². The van der Waals surface area contributed by atoms with Crippen LogP contribution in [0.15, 0.2) is 24.3 Å². The molecule has 6 heteroatoms. The number of nitrogens with zero attached hydrogens (tertiary/aromatic N) is 4. The summed E-state index contributed by atoms with van der Waals surface area (Å²) < 4.78 is 0. The van der Waals surface area contributed by atoms with Gasteiger partial charge in [-0.15, -0.1) is 10.2 Å². The molecule has 1 aromatic heterocycles. The van der Waals surface area contributed by atoms with Crippen molar-refractivity contribution in [2.75, 3.05) is 39.1 Å². The topological polar surface area (TPSA) is 69.6 Å². The number of carbonyl (C=O) groups is 1. The zero-order valence-electron chi connectivity index (χ0n) is 11.9. The second-order valence-corrected chi connectivity index (χ2v) is 4.94. The Hall–Kier alpha value is -2.21. The number of likely N-dealkylation sites (N-methyl/N-ethyl adjacent to an activating group) is 2. The van der Waals surface area contributed by atoms with Crippen LogP contribution in [0, 0.1) is 0 Å². The molecule has 6 nitrogen and oxygen atoms in total. The molecule has 1 aromatic carbocycles. The average molecular weight is 274 g/mol. The summed E-state index contributed by atoms with van der Waals surface area (Å²) in [7, 11) is 5.84. The highest BCUT2D eigenvalue weighted by atomic mass is 16.4. The highest BCUT2D eigenvalue weighted by Gasteiger charge is 2.19. The number of aromatic nitrogens is 2. The first-order chi connectivity index (χ1) is 9.50. The minimum atomic E-state index is -1.06. The minimum absolute atomic E-state index is 0.00930. The highest BCUT2D eigenvalue weighted by molar-refractivity contribution is 6.02. The maximum atomic E-state index is 11.4. The molecule has 0 saturated heterocycles. The van der Waals surface area contributed by atoms with E-state index < -0.39 is 5.97 Å². The summed E-state index contributed by atoms with van der Waals surface area (Å²) in [6.07, 6.45) is 0. The molecule has 0 spiro atoms. The van der Waals surface area contributed by atoms with Gasteiger partial charge in [0.15, 0.2) is 5.69 Å². The smallest absolute Gasteiger partial charge is 0.358 e. The van der Waals surface area contributed by atoms with Gasteiger partial charge in [-0.1, -0.05) is 18.2 Å². The molecule has 2 aromatic rings. The number of anilines is 1. The van der Waals surface area contributed by atoms with Crippen LogP contribution in [-0.4, -0.2) is 60.4 Å². The number of benzene rings is 1. The largest absolute Gasteiger partial charge is 0.476 e. The fraction of sp³-hybridized carbons (Fsp3) is 0.357. The zero-order chi connectivity index (χ0) is 14.7. The molecule has 0 fully saturated rings. The normalized spacial score (nSPS) is 11.0. The number of rotatable bonds is 5. The van der Waals surface area contributed by atoms with Crippen molar-refractivity contribution in [2.24, 2.45) is 0 Å². The van der Waals surface area contributed by atoms with Crippen LogP contribution in [0.4, 0.5) is 5.69 Å². The van der Waals surface area contributed by atoms with Crippen molar-refractivity contribution in [1.82, 2.24) is 15.1 Å². The Balaban J connectivity index is 2.51. The van der Waals surface area contributed by atoms with Gasteiger partial charge in [0, 0.05) is 25.5 Å². The summed E-state index contributed by atoms with van der Waals surface area (Å²) in [6.45, 7) is 1.54. The second kappa shape index (κ2) is 5.83. The molecule has 0 bridgehead atoms. The molecular weight excluding hydrogens is 256 g/mol. The van der Waals surface area contributed by atoms with Gasteiger partial charge in [0.05, 0.1) is 11.2 Å². The molecule has 0 unspecified atom stereocenters. The van der Waals surface area contributed by atoms with Gasteiger partial charge in [-0.25, -0.2) is 4.79 Å². The predicted octanol–water partition coefficient (Wildman–Crippen LogP) is 1.33. The van der Waals surface area contributed by atoms with Crippen LogP contribution in [-0.2, 0) is 0 Å². The molecule has 0 radical (unpaired) electrons. The third-order valence-corrected chi connectivity index (χ3v) is 3.11. The van der Waals surface area contributed by atoms with E-state index in [4.69, 9.17) is 0 Å². The molecule has 0 aliphatic carbocycles. The van der Waals surface area contributed by atoms with E-state index >= 15 is 0 Å². The van der Waals surface area contributed by atoms with Gasteiger partial charge in [0.2, 0.25) is 0 Å². The summed E-state index contributed by atoms with van der Waals surface area (Å²) >= 11 is 0. The number of fused-ring (bicyclic) bond motifs is 1. The number of carboxylic acid groups (broad SMARTS) is 1. The first kappa shape index (κ1) is 14.2. The number of carboxylic acids is 1. The van der Waals surface area contributed by atoms with Gasteiger partial charge < -0.3 is 14.9 Å². The third-order valence-electron chi connectivity index (χ3n) is 3.11. The Morgan fingerprint density at radius 3 is 2.50 bits per heavy atom.